The number of hydrogen-bond acceptors (Lipinski definition) is 4. The van der Waals surface area contributed by atoms with Crippen LogP contribution in [0.1, 0.15) is 56.5 Å². The van der Waals surface area contributed by atoms with Gasteiger partial charge in [-0.05, 0) is 69.0 Å². The van der Waals surface area contributed by atoms with Crippen LogP contribution in [0, 0.1) is 5.41 Å². The second-order valence-electron chi connectivity index (χ2n) is 8.05. The monoisotopic (exact) mass is 403 g/mol. The largest absolute Gasteiger partial charge is 0.466 e. The van der Waals surface area contributed by atoms with E-state index in [1.54, 1.807) is 0 Å². The van der Waals surface area contributed by atoms with Gasteiger partial charge in [-0.25, -0.2) is 0 Å². The summed E-state index contributed by atoms with van der Waals surface area (Å²) < 4.78 is 5.46. The Hall–Kier alpha value is -1.85. The molecule has 1 N–H and O–H groups in total. The second kappa shape index (κ2) is 9.10. The molecule has 0 spiro atoms. The maximum atomic E-state index is 12.9. The van der Waals surface area contributed by atoms with E-state index in [1.807, 2.05) is 31.2 Å². The van der Waals surface area contributed by atoms with Gasteiger partial charge in [0.25, 0.3) is 0 Å². The van der Waals surface area contributed by atoms with E-state index in [-0.39, 0.29) is 5.97 Å². The van der Waals surface area contributed by atoms with Crippen LogP contribution in [0.15, 0.2) is 30.3 Å². The van der Waals surface area contributed by atoms with Gasteiger partial charge in [-0.3, -0.25) is 14.8 Å². The molecular weight excluding hydrogens is 374 g/mol. The molecule has 6 heteroatoms. The van der Waals surface area contributed by atoms with Crippen LogP contribution in [0.25, 0.3) is 0 Å². The Labute approximate surface area is 172 Å². The zero-order chi connectivity index (χ0) is 20.1. The number of benzene rings is 1. The van der Waals surface area contributed by atoms with Crippen molar-refractivity contribution in [3.63, 3.8) is 0 Å². The Balaban J connectivity index is 1.67. The lowest BCUT2D eigenvalue weighted by Gasteiger charge is -2.40. The number of hydrogen-bond donors (Lipinski definition) is 1. The normalized spacial score (nSPS) is 17.0. The van der Waals surface area contributed by atoms with Crippen molar-refractivity contribution in [1.82, 2.24) is 15.1 Å². The van der Waals surface area contributed by atoms with Gasteiger partial charge in [0.05, 0.1) is 17.7 Å². The van der Waals surface area contributed by atoms with Gasteiger partial charge >= 0.3 is 5.97 Å². The third-order valence-corrected chi connectivity index (χ3v) is 5.87. The lowest BCUT2D eigenvalue weighted by Crippen LogP contribution is -2.46. The molecule has 5 nitrogen and oxygen atoms in total. The van der Waals surface area contributed by atoms with Crippen LogP contribution >= 0.6 is 11.6 Å². The number of rotatable bonds is 7. The zero-order valence-electron chi connectivity index (χ0n) is 17.0. The quantitative estimate of drug-likeness (QED) is 0.687. The highest BCUT2D eigenvalue weighted by atomic mass is 35.5. The zero-order valence-corrected chi connectivity index (χ0v) is 17.8. The average molecular weight is 404 g/mol. The molecule has 0 amide bonds. The molecule has 0 bridgehead atoms. The van der Waals surface area contributed by atoms with Crippen molar-refractivity contribution < 1.29 is 9.53 Å². The first-order chi connectivity index (χ1) is 13.4. The molecule has 1 aromatic carbocycles. The van der Waals surface area contributed by atoms with Gasteiger partial charge in [0.15, 0.2) is 0 Å². The third kappa shape index (κ3) is 4.95. The highest BCUT2D eigenvalue weighted by molar-refractivity contribution is 6.30. The van der Waals surface area contributed by atoms with Gasteiger partial charge < -0.3 is 4.74 Å². The Morgan fingerprint density at radius 3 is 2.54 bits per heavy atom. The SMILES string of the molecule is CCOC(=O)C1(Cc2ccc(Cl)cc2)CCN(Cc2cc(C(C)C)n[nH]2)CC1. The number of piperidine rings is 1. The fraction of sp³-hybridized carbons (Fsp3) is 0.545. The molecule has 1 fully saturated rings. The van der Waals surface area contributed by atoms with E-state index in [4.69, 9.17) is 16.3 Å². The summed E-state index contributed by atoms with van der Waals surface area (Å²) >= 11 is 6.01. The summed E-state index contributed by atoms with van der Waals surface area (Å²) in [5.74, 6) is 0.343. The van der Waals surface area contributed by atoms with E-state index in [0.717, 1.165) is 49.4 Å². The van der Waals surface area contributed by atoms with E-state index < -0.39 is 5.41 Å². The Kier molecular flexibility index (Phi) is 6.78. The average Bonchev–Trinajstić information content (AvgIpc) is 3.14. The van der Waals surface area contributed by atoms with Gasteiger partial charge in [-0.2, -0.15) is 5.10 Å². The summed E-state index contributed by atoms with van der Waals surface area (Å²) in [6.45, 7) is 9.13. The van der Waals surface area contributed by atoms with Gasteiger partial charge in [0, 0.05) is 17.3 Å². The number of likely N-dealkylation sites (tertiary alicyclic amines) is 1. The van der Waals surface area contributed by atoms with Crippen molar-refractivity contribution in [3.8, 4) is 0 Å². The topological polar surface area (TPSA) is 58.2 Å². The molecule has 0 aliphatic carbocycles. The predicted octanol–water partition coefficient (Wildman–Crippen LogP) is 4.57. The number of nitrogens with one attached hydrogen (secondary N) is 1. The lowest BCUT2D eigenvalue weighted by atomic mass is 9.73. The number of aromatic amines is 1. The number of carbonyl (C=O) groups excluding carboxylic acids is 1. The molecule has 1 saturated heterocycles. The van der Waals surface area contributed by atoms with Crippen molar-refractivity contribution in [3.05, 3.63) is 52.3 Å². The molecule has 0 saturated carbocycles. The van der Waals surface area contributed by atoms with E-state index >= 15 is 0 Å². The maximum absolute atomic E-state index is 12.9. The molecular formula is C22H30ClN3O2. The summed E-state index contributed by atoms with van der Waals surface area (Å²) in [6.07, 6.45) is 2.28. The van der Waals surface area contributed by atoms with Gasteiger partial charge in [0.2, 0.25) is 0 Å². The lowest BCUT2D eigenvalue weighted by molar-refractivity contribution is -0.158. The van der Waals surface area contributed by atoms with Crippen LogP contribution in [0.3, 0.4) is 0 Å². The van der Waals surface area contributed by atoms with E-state index in [0.29, 0.717) is 24.0 Å². The number of aromatic nitrogens is 2. The molecule has 0 atom stereocenters. The third-order valence-electron chi connectivity index (χ3n) is 5.61. The Bertz CT molecular complexity index is 777. The molecule has 2 aromatic rings. The van der Waals surface area contributed by atoms with E-state index in [9.17, 15) is 4.79 Å². The molecule has 1 aromatic heterocycles. The van der Waals surface area contributed by atoms with Crippen molar-refractivity contribution in [2.75, 3.05) is 19.7 Å². The van der Waals surface area contributed by atoms with Crippen LogP contribution in [-0.2, 0) is 22.5 Å². The van der Waals surface area contributed by atoms with Crippen molar-refractivity contribution in [1.29, 1.82) is 0 Å². The highest BCUT2D eigenvalue weighted by Gasteiger charge is 2.42. The van der Waals surface area contributed by atoms with Crippen molar-refractivity contribution >= 4 is 17.6 Å². The van der Waals surface area contributed by atoms with Crippen LogP contribution in [0.4, 0.5) is 0 Å². The molecule has 3 rings (SSSR count). The van der Waals surface area contributed by atoms with Gasteiger partial charge in [0.1, 0.15) is 0 Å². The van der Waals surface area contributed by atoms with Crippen LogP contribution in [0.5, 0.6) is 0 Å². The standard InChI is InChI=1S/C22H30ClN3O2/c1-4-28-21(27)22(14-17-5-7-18(23)8-6-17)9-11-26(12-10-22)15-19-13-20(16(2)3)25-24-19/h5-8,13,16H,4,9-12,14-15H2,1-3H3,(H,24,25). The smallest absolute Gasteiger partial charge is 0.312 e. The molecule has 1 aliphatic heterocycles. The first-order valence-corrected chi connectivity index (χ1v) is 10.5. The van der Waals surface area contributed by atoms with E-state index in [1.165, 1.54) is 0 Å². The summed E-state index contributed by atoms with van der Waals surface area (Å²) in [5, 5.41) is 8.25. The number of nitrogens with zero attached hydrogens (tertiary/aromatic N) is 2. The van der Waals surface area contributed by atoms with Gasteiger partial charge in [-0.1, -0.05) is 37.6 Å². The van der Waals surface area contributed by atoms with Crippen molar-refractivity contribution in [2.24, 2.45) is 5.41 Å². The minimum Gasteiger partial charge on any atom is -0.466 e. The Morgan fingerprint density at radius 1 is 1.29 bits per heavy atom. The highest BCUT2D eigenvalue weighted by Crippen LogP contribution is 2.37. The van der Waals surface area contributed by atoms with Crippen LogP contribution in [-0.4, -0.2) is 40.8 Å². The van der Waals surface area contributed by atoms with Crippen molar-refractivity contribution in [2.45, 2.75) is 52.5 Å². The molecule has 152 valence electrons. The molecule has 2 heterocycles. The molecule has 28 heavy (non-hydrogen) atoms. The molecule has 0 unspecified atom stereocenters. The van der Waals surface area contributed by atoms with Crippen LogP contribution in [0.2, 0.25) is 5.02 Å². The second-order valence-corrected chi connectivity index (χ2v) is 8.49. The predicted molar refractivity (Wildman–Crippen MR) is 111 cm³/mol. The first-order valence-electron chi connectivity index (χ1n) is 10.1. The number of esters is 1. The number of carbonyl (C=O) groups is 1. The Morgan fingerprint density at radius 2 is 1.96 bits per heavy atom. The minimum atomic E-state index is -0.461. The van der Waals surface area contributed by atoms with E-state index in [2.05, 4.69) is 35.0 Å². The minimum absolute atomic E-state index is 0.0757. The first kappa shape index (κ1) is 20.9. The fourth-order valence-electron chi connectivity index (χ4n) is 3.87. The van der Waals surface area contributed by atoms with Gasteiger partial charge in [-0.15, -0.1) is 0 Å². The number of H-pyrrole nitrogens is 1. The molecule has 0 radical (unpaired) electrons. The number of halogens is 1. The summed E-state index contributed by atoms with van der Waals surface area (Å²) in [5.41, 5.74) is 2.89. The van der Waals surface area contributed by atoms with Crippen LogP contribution < -0.4 is 0 Å². The maximum Gasteiger partial charge on any atom is 0.312 e. The fourth-order valence-corrected chi connectivity index (χ4v) is 3.99. The number of ether oxygens (including phenoxy) is 1. The summed E-state index contributed by atoms with van der Waals surface area (Å²) in [7, 11) is 0. The molecule has 1 aliphatic rings. The summed E-state index contributed by atoms with van der Waals surface area (Å²) in [4.78, 5) is 15.2. The summed E-state index contributed by atoms with van der Waals surface area (Å²) in [6, 6.07) is 9.93.